The van der Waals surface area contributed by atoms with Crippen LogP contribution in [0.1, 0.15) is 43.5 Å². The highest BCUT2D eigenvalue weighted by molar-refractivity contribution is 5.98. The first kappa shape index (κ1) is 20.7. The third-order valence-corrected chi connectivity index (χ3v) is 6.38. The van der Waals surface area contributed by atoms with Gasteiger partial charge in [0.05, 0.1) is 12.1 Å². The van der Waals surface area contributed by atoms with Gasteiger partial charge in [-0.3, -0.25) is 19.3 Å². The molecule has 1 aromatic rings. The lowest BCUT2D eigenvalue weighted by Gasteiger charge is -2.38. The van der Waals surface area contributed by atoms with E-state index in [4.69, 9.17) is 4.74 Å². The van der Waals surface area contributed by atoms with E-state index in [0.717, 1.165) is 13.1 Å². The lowest BCUT2D eigenvalue weighted by molar-refractivity contribution is -0.141. The van der Waals surface area contributed by atoms with Crippen molar-refractivity contribution < 1.29 is 19.1 Å². The Morgan fingerprint density at radius 2 is 1.83 bits per heavy atom. The van der Waals surface area contributed by atoms with Gasteiger partial charge in [0.25, 0.3) is 5.91 Å². The highest BCUT2D eigenvalue weighted by Gasteiger charge is 2.43. The summed E-state index contributed by atoms with van der Waals surface area (Å²) in [5.74, 6) is 0.275. The molecule has 0 unspecified atom stereocenters. The zero-order valence-corrected chi connectivity index (χ0v) is 17.7. The Morgan fingerprint density at radius 3 is 2.57 bits per heavy atom. The Bertz CT molecular complexity index is 834. The quantitative estimate of drug-likeness (QED) is 0.800. The molecule has 0 radical (unpaired) electrons. The van der Waals surface area contributed by atoms with Crippen LogP contribution in [0, 0.1) is 0 Å². The molecule has 4 rings (SSSR count). The van der Waals surface area contributed by atoms with Crippen molar-refractivity contribution in [2.75, 3.05) is 39.3 Å². The second kappa shape index (κ2) is 8.26. The summed E-state index contributed by atoms with van der Waals surface area (Å²) < 4.78 is 6.15. The van der Waals surface area contributed by atoms with Crippen LogP contribution in [0.5, 0.6) is 5.75 Å². The number of fused-ring (bicyclic) bond motifs is 1. The minimum atomic E-state index is -0.901. The maximum atomic E-state index is 12.8. The van der Waals surface area contributed by atoms with Crippen molar-refractivity contribution in [3.05, 3.63) is 29.8 Å². The molecular formula is C22H30N4O4. The molecule has 162 valence electrons. The predicted molar refractivity (Wildman–Crippen MR) is 111 cm³/mol. The number of rotatable bonds is 3. The van der Waals surface area contributed by atoms with Gasteiger partial charge in [0.15, 0.2) is 5.72 Å². The molecule has 0 saturated carbocycles. The van der Waals surface area contributed by atoms with E-state index in [9.17, 15) is 14.4 Å². The Hall–Kier alpha value is -2.61. The number of benzene rings is 1. The van der Waals surface area contributed by atoms with Crippen LogP contribution in [-0.4, -0.2) is 83.5 Å². The minimum Gasteiger partial charge on any atom is -0.467 e. The first-order valence-corrected chi connectivity index (χ1v) is 10.8. The molecule has 1 spiro atoms. The molecule has 8 nitrogen and oxygen atoms in total. The number of hydrogen-bond acceptors (Lipinski definition) is 5. The molecule has 30 heavy (non-hydrogen) atoms. The molecule has 3 aliphatic heterocycles. The summed E-state index contributed by atoms with van der Waals surface area (Å²) in [6.07, 6.45) is 1.08. The van der Waals surface area contributed by atoms with Crippen molar-refractivity contribution in [1.29, 1.82) is 0 Å². The summed E-state index contributed by atoms with van der Waals surface area (Å²) in [5.41, 5.74) is -0.395. The van der Waals surface area contributed by atoms with Crippen LogP contribution in [0.2, 0.25) is 0 Å². The average Bonchev–Trinajstić information content (AvgIpc) is 2.88. The smallest absolute Gasteiger partial charge is 0.258 e. The summed E-state index contributed by atoms with van der Waals surface area (Å²) >= 11 is 0. The van der Waals surface area contributed by atoms with Gasteiger partial charge in [-0.1, -0.05) is 12.1 Å². The zero-order valence-electron chi connectivity index (χ0n) is 17.7. The van der Waals surface area contributed by atoms with E-state index in [-0.39, 0.29) is 30.7 Å². The number of amides is 3. The number of carbonyl (C=O) groups excluding carboxylic acids is 3. The van der Waals surface area contributed by atoms with Gasteiger partial charge in [0.2, 0.25) is 11.8 Å². The van der Waals surface area contributed by atoms with Crippen LogP contribution in [0.25, 0.3) is 0 Å². The molecule has 3 amide bonds. The summed E-state index contributed by atoms with van der Waals surface area (Å²) in [7, 11) is 0. The summed E-state index contributed by atoms with van der Waals surface area (Å²) in [4.78, 5) is 43.9. The standard InChI is InChI=1S/C22H30N4O4/c1-16(2)24-11-13-25(14-12-24)20(28)15-26-10-9-22(8-7-19(26)27)23-21(29)17-5-3-4-6-18(17)30-22/h3-6,16H,7-15H2,1-2H3,(H,23,29)/t22-/m1/s1. The molecule has 0 bridgehead atoms. The van der Waals surface area contributed by atoms with E-state index in [2.05, 4.69) is 24.1 Å². The van der Waals surface area contributed by atoms with Gasteiger partial charge in [-0.15, -0.1) is 0 Å². The SMILES string of the molecule is CC(C)N1CCN(C(=O)CN2CC[C@]3(CCC2=O)NC(=O)c2ccccc2O3)CC1. The molecule has 3 heterocycles. The van der Waals surface area contributed by atoms with E-state index in [0.29, 0.717) is 49.8 Å². The molecule has 1 aromatic carbocycles. The van der Waals surface area contributed by atoms with Gasteiger partial charge in [-0.2, -0.15) is 0 Å². The number of carbonyl (C=O) groups is 3. The molecule has 8 heteroatoms. The normalized spacial score (nSPS) is 25.0. The number of ether oxygens (including phenoxy) is 1. The molecule has 0 aliphatic carbocycles. The monoisotopic (exact) mass is 414 g/mol. The van der Waals surface area contributed by atoms with Crippen LogP contribution in [0.15, 0.2) is 24.3 Å². The first-order chi connectivity index (χ1) is 14.4. The van der Waals surface area contributed by atoms with Gasteiger partial charge in [-0.25, -0.2) is 0 Å². The van der Waals surface area contributed by atoms with E-state index in [1.807, 2.05) is 11.0 Å². The summed E-state index contributed by atoms with van der Waals surface area (Å²) in [5, 5.41) is 2.96. The first-order valence-electron chi connectivity index (χ1n) is 10.8. The van der Waals surface area contributed by atoms with Crippen molar-refractivity contribution >= 4 is 17.7 Å². The van der Waals surface area contributed by atoms with E-state index in [1.54, 1.807) is 23.1 Å². The maximum absolute atomic E-state index is 12.8. The second-order valence-corrected chi connectivity index (χ2v) is 8.62. The lowest BCUT2D eigenvalue weighted by atomic mass is 10.0. The van der Waals surface area contributed by atoms with Crippen LogP contribution in [0.4, 0.5) is 0 Å². The van der Waals surface area contributed by atoms with E-state index < -0.39 is 5.72 Å². The molecule has 0 aromatic heterocycles. The Morgan fingerprint density at radius 1 is 1.10 bits per heavy atom. The Labute approximate surface area is 177 Å². The topological polar surface area (TPSA) is 82.2 Å². The molecule has 1 N–H and O–H groups in total. The number of para-hydroxylation sites is 1. The fourth-order valence-corrected chi connectivity index (χ4v) is 4.43. The molecule has 2 fully saturated rings. The number of nitrogens with zero attached hydrogens (tertiary/aromatic N) is 3. The van der Waals surface area contributed by atoms with Crippen LogP contribution >= 0.6 is 0 Å². The highest BCUT2D eigenvalue weighted by atomic mass is 16.5. The van der Waals surface area contributed by atoms with Crippen molar-refractivity contribution in [2.24, 2.45) is 0 Å². The zero-order chi connectivity index (χ0) is 21.3. The van der Waals surface area contributed by atoms with Crippen molar-refractivity contribution in [2.45, 2.75) is 44.9 Å². The number of likely N-dealkylation sites (tertiary alicyclic amines) is 1. The lowest BCUT2D eigenvalue weighted by Crippen LogP contribution is -2.56. The number of piperazine rings is 1. The van der Waals surface area contributed by atoms with Crippen molar-refractivity contribution in [1.82, 2.24) is 20.0 Å². The van der Waals surface area contributed by atoms with Crippen LogP contribution in [-0.2, 0) is 9.59 Å². The van der Waals surface area contributed by atoms with Gasteiger partial charge >= 0.3 is 0 Å². The fourth-order valence-electron chi connectivity index (χ4n) is 4.43. The number of nitrogens with one attached hydrogen (secondary N) is 1. The Balaban J connectivity index is 1.38. The summed E-state index contributed by atoms with van der Waals surface area (Å²) in [6.45, 7) is 7.89. The van der Waals surface area contributed by atoms with Gasteiger partial charge < -0.3 is 19.9 Å². The van der Waals surface area contributed by atoms with Gasteiger partial charge in [0, 0.05) is 58.0 Å². The highest BCUT2D eigenvalue weighted by Crippen LogP contribution is 2.33. The van der Waals surface area contributed by atoms with Crippen LogP contribution in [0.3, 0.4) is 0 Å². The van der Waals surface area contributed by atoms with Crippen molar-refractivity contribution in [3.63, 3.8) is 0 Å². The van der Waals surface area contributed by atoms with E-state index >= 15 is 0 Å². The predicted octanol–water partition coefficient (Wildman–Crippen LogP) is 1.07. The largest absolute Gasteiger partial charge is 0.467 e. The van der Waals surface area contributed by atoms with Gasteiger partial charge in [-0.05, 0) is 26.0 Å². The maximum Gasteiger partial charge on any atom is 0.258 e. The molecule has 2 saturated heterocycles. The third-order valence-electron chi connectivity index (χ3n) is 6.38. The second-order valence-electron chi connectivity index (χ2n) is 8.62. The van der Waals surface area contributed by atoms with Crippen LogP contribution < -0.4 is 10.1 Å². The number of hydrogen-bond donors (Lipinski definition) is 1. The fraction of sp³-hybridized carbons (Fsp3) is 0.591. The van der Waals surface area contributed by atoms with E-state index in [1.165, 1.54) is 0 Å². The average molecular weight is 415 g/mol. The van der Waals surface area contributed by atoms with Gasteiger partial charge in [0.1, 0.15) is 5.75 Å². The Kier molecular flexibility index (Phi) is 5.69. The minimum absolute atomic E-state index is 0.0124. The molecule has 3 aliphatic rings. The molecule has 1 atom stereocenters. The molecular weight excluding hydrogens is 384 g/mol. The van der Waals surface area contributed by atoms with Crippen molar-refractivity contribution in [3.8, 4) is 5.75 Å². The third kappa shape index (κ3) is 4.14. The summed E-state index contributed by atoms with van der Waals surface area (Å²) in [6, 6.07) is 7.60.